The van der Waals surface area contributed by atoms with Crippen LogP contribution in [0, 0.1) is 5.92 Å². The lowest BCUT2D eigenvalue weighted by atomic mass is 9.98. The van der Waals surface area contributed by atoms with Gasteiger partial charge in [0.05, 0.1) is 6.61 Å². The fraction of sp³-hybridized carbons (Fsp3) is 0.846. The topological polar surface area (TPSA) is 69.6 Å². The van der Waals surface area contributed by atoms with Crippen molar-refractivity contribution >= 4 is 11.8 Å². The molecule has 2 amide bonds. The monoisotopic (exact) mass is 256 g/mol. The molecule has 1 heterocycles. The van der Waals surface area contributed by atoms with Gasteiger partial charge in [0, 0.05) is 19.5 Å². The van der Waals surface area contributed by atoms with Gasteiger partial charge in [0.2, 0.25) is 11.8 Å². The predicted molar refractivity (Wildman–Crippen MR) is 68.9 cm³/mol. The molecule has 5 heteroatoms. The van der Waals surface area contributed by atoms with Gasteiger partial charge in [-0.2, -0.15) is 0 Å². The number of amides is 2. The summed E-state index contributed by atoms with van der Waals surface area (Å²) in [5.74, 6) is 0.281. The van der Waals surface area contributed by atoms with Gasteiger partial charge >= 0.3 is 0 Å². The molecule has 0 saturated carbocycles. The summed E-state index contributed by atoms with van der Waals surface area (Å²) in [5, 5.41) is 11.4. The average Bonchev–Trinajstić information content (AvgIpc) is 2.34. The maximum atomic E-state index is 12.1. The van der Waals surface area contributed by atoms with E-state index in [1.54, 1.807) is 4.90 Å². The molecule has 104 valence electrons. The number of hydrogen-bond acceptors (Lipinski definition) is 3. The zero-order chi connectivity index (χ0) is 13.5. The summed E-state index contributed by atoms with van der Waals surface area (Å²) in [7, 11) is 0. The first-order valence-electron chi connectivity index (χ1n) is 6.74. The molecule has 1 saturated heterocycles. The van der Waals surface area contributed by atoms with E-state index >= 15 is 0 Å². The number of rotatable bonds is 6. The van der Waals surface area contributed by atoms with E-state index in [0.717, 1.165) is 12.8 Å². The van der Waals surface area contributed by atoms with Gasteiger partial charge in [-0.3, -0.25) is 9.59 Å². The van der Waals surface area contributed by atoms with Crippen molar-refractivity contribution in [1.82, 2.24) is 10.2 Å². The standard InChI is InChI=1S/C13H24N2O3/c1-10(2)9-11(13(18)14-6-8-16)15-7-4-3-5-12(15)17/h10-11,16H,3-9H2,1-2H3,(H,14,18). The van der Waals surface area contributed by atoms with Crippen LogP contribution in [0.1, 0.15) is 39.5 Å². The van der Waals surface area contributed by atoms with E-state index in [1.165, 1.54) is 0 Å². The summed E-state index contributed by atoms with van der Waals surface area (Å²) in [6.07, 6.45) is 3.10. The molecule has 1 fully saturated rings. The third-order valence-corrected chi connectivity index (χ3v) is 3.14. The summed E-state index contributed by atoms with van der Waals surface area (Å²) < 4.78 is 0. The van der Waals surface area contributed by atoms with Gasteiger partial charge < -0.3 is 15.3 Å². The number of carbonyl (C=O) groups excluding carboxylic acids is 2. The highest BCUT2D eigenvalue weighted by atomic mass is 16.3. The number of carbonyl (C=O) groups is 2. The molecule has 0 bridgehead atoms. The normalized spacial score (nSPS) is 18.0. The van der Waals surface area contributed by atoms with E-state index in [2.05, 4.69) is 5.32 Å². The van der Waals surface area contributed by atoms with Gasteiger partial charge in [0.15, 0.2) is 0 Å². The number of nitrogens with one attached hydrogen (secondary N) is 1. The summed E-state index contributed by atoms with van der Waals surface area (Å²) >= 11 is 0. The lowest BCUT2D eigenvalue weighted by Crippen LogP contribution is -2.52. The Labute approximate surface area is 109 Å². The van der Waals surface area contributed by atoms with Crippen LogP contribution >= 0.6 is 0 Å². The summed E-state index contributed by atoms with van der Waals surface area (Å²) in [6.45, 7) is 4.92. The lowest BCUT2D eigenvalue weighted by molar-refractivity contribution is -0.143. The molecule has 0 aromatic heterocycles. The van der Waals surface area contributed by atoms with Crippen LogP contribution in [0.15, 0.2) is 0 Å². The fourth-order valence-corrected chi connectivity index (χ4v) is 2.28. The quantitative estimate of drug-likeness (QED) is 0.728. The van der Waals surface area contributed by atoms with Crippen LogP contribution in [0.25, 0.3) is 0 Å². The molecule has 0 aliphatic carbocycles. The van der Waals surface area contributed by atoms with E-state index in [1.807, 2.05) is 13.8 Å². The van der Waals surface area contributed by atoms with E-state index in [4.69, 9.17) is 5.11 Å². The molecule has 5 nitrogen and oxygen atoms in total. The highest BCUT2D eigenvalue weighted by Crippen LogP contribution is 2.18. The van der Waals surface area contributed by atoms with Gasteiger partial charge in [-0.15, -0.1) is 0 Å². The van der Waals surface area contributed by atoms with Crippen LogP contribution < -0.4 is 5.32 Å². The van der Waals surface area contributed by atoms with Crippen LogP contribution in [-0.2, 0) is 9.59 Å². The zero-order valence-electron chi connectivity index (χ0n) is 11.3. The molecule has 0 aromatic rings. The van der Waals surface area contributed by atoms with Gasteiger partial charge in [-0.05, 0) is 25.2 Å². The molecular formula is C13H24N2O3. The van der Waals surface area contributed by atoms with Gasteiger partial charge in [0.25, 0.3) is 0 Å². The van der Waals surface area contributed by atoms with Crippen LogP contribution in [0.5, 0.6) is 0 Å². The Bertz CT molecular complexity index is 292. The molecule has 1 rings (SSSR count). The Balaban J connectivity index is 2.69. The molecular weight excluding hydrogens is 232 g/mol. The van der Waals surface area contributed by atoms with Gasteiger partial charge in [0.1, 0.15) is 6.04 Å². The van der Waals surface area contributed by atoms with Crippen molar-refractivity contribution in [2.24, 2.45) is 5.92 Å². The molecule has 1 aliphatic heterocycles. The van der Waals surface area contributed by atoms with Gasteiger partial charge in [-0.25, -0.2) is 0 Å². The largest absolute Gasteiger partial charge is 0.395 e. The van der Waals surface area contributed by atoms with Crippen LogP contribution in [0.2, 0.25) is 0 Å². The molecule has 1 unspecified atom stereocenters. The Morgan fingerprint density at radius 3 is 2.72 bits per heavy atom. The number of nitrogens with zero attached hydrogens (tertiary/aromatic N) is 1. The van der Waals surface area contributed by atoms with Crippen LogP contribution in [0.4, 0.5) is 0 Å². The number of aliphatic hydroxyl groups excluding tert-OH is 1. The minimum absolute atomic E-state index is 0.0750. The van der Waals surface area contributed by atoms with Crippen molar-refractivity contribution in [3.05, 3.63) is 0 Å². The van der Waals surface area contributed by atoms with E-state index in [0.29, 0.717) is 25.3 Å². The third-order valence-electron chi connectivity index (χ3n) is 3.14. The fourth-order valence-electron chi connectivity index (χ4n) is 2.28. The molecule has 1 aliphatic rings. The van der Waals surface area contributed by atoms with Crippen LogP contribution in [-0.4, -0.2) is 47.6 Å². The molecule has 18 heavy (non-hydrogen) atoms. The molecule has 0 aromatic carbocycles. The third kappa shape index (κ3) is 4.29. The molecule has 0 spiro atoms. The van der Waals surface area contributed by atoms with Crippen molar-refractivity contribution in [2.45, 2.75) is 45.6 Å². The smallest absolute Gasteiger partial charge is 0.242 e. The maximum Gasteiger partial charge on any atom is 0.242 e. The second-order valence-electron chi connectivity index (χ2n) is 5.20. The molecule has 1 atom stereocenters. The highest BCUT2D eigenvalue weighted by molar-refractivity contribution is 5.88. The molecule has 0 radical (unpaired) electrons. The zero-order valence-corrected chi connectivity index (χ0v) is 11.3. The number of likely N-dealkylation sites (tertiary alicyclic amines) is 1. The second kappa shape index (κ2) is 7.36. The predicted octanol–water partition coefficient (Wildman–Crippen LogP) is 0.522. The highest BCUT2D eigenvalue weighted by Gasteiger charge is 2.31. The first-order chi connectivity index (χ1) is 8.56. The molecule has 2 N–H and O–H groups in total. The van der Waals surface area contributed by atoms with Crippen molar-refractivity contribution in [3.63, 3.8) is 0 Å². The Kier molecular flexibility index (Phi) is 6.12. The minimum atomic E-state index is -0.385. The van der Waals surface area contributed by atoms with Crippen LogP contribution in [0.3, 0.4) is 0 Å². The number of piperidine rings is 1. The van der Waals surface area contributed by atoms with Crippen molar-refractivity contribution in [3.8, 4) is 0 Å². The Morgan fingerprint density at radius 2 is 2.17 bits per heavy atom. The number of aliphatic hydroxyl groups is 1. The minimum Gasteiger partial charge on any atom is -0.395 e. The lowest BCUT2D eigenvalue weighted by Gasteiger charge is -2.34. The van der Waals surface area contributed by atoms with Crippen molar-refractivity contribution < 1.29 is 14.7 Å². The Hall–Kier alpha value is -1.10. The van der Waals surface area contributed by atoms with E-state index in [-0.39, 0.29) is 31.0 Å². The average molecular weight is 256 g/mol. The summed E-state index contributed by atoms with van der Waals surface area (Å²) in [5.41, 5.74) is 0. The van der Waals surface area contributed by atoms with E-state index in [9.17, 15) is 9.59 Å². The van der Waals surface area contributed by atoms with Crippen molar-refractivity contribution in [2.75, 3.05) is 19.7 Å². The second-order valence-corrected chi connectivity index (χ2v) is 5.20. The maximum absolute atomic E-state index is 12.1. The number of hydrogen-bond donors (Lipinski definition) is 2. The summed E-state index contributed by atoms with van der Waals surface area (Å²) in [4.78, 5) is 25.7. The Morgan fingerprint density at radius 1 is 1.44 bits per heavy atom. The van der Waals surface area contributed by atoms with E-state index < -0.39 is 0 Å². The van der Waals surface area contributed by atoms with Gasteiger partial charge in [-0.1, -0.05) is 13.8 Å². The van der Waals surface area contributed by atoms with Crippen molar-refractivity contribution in [1.29, 1.82) is 0 Å². The summed E-state index contributed by atoms with van der Waals surface area (Å²) in [6, 6.07) is -0.385. The SMILES string of the molecule is CC(C)CC(C(=O)NCCO)N1CCCCC1=O. The first-order valence-corrected chi connectivity index (χ1v) is 6.74. The first kappa shape index (κ1) is 15.0.